The lowest BCUT2D eigenvalue weighted by Crippen LogP contribution is -2.17. The van der Waals surface area contributed by atoms with E-state index in [-0.39, 0.29) is 5.56 Å². The van der Waals surface area contributed by atoms with Crippen LogP contribution in [-0.2, 0) is 5.92 Å². The molecule has 0 saturated carbocycles. The van der Waals surface area contributed by atoms with E-state index in [2.05, 4.69) is 0 Å². The van der Waals surface area contributed by atoms with Crippen molar-refractivity contribution in [3.05, 3.63) is 21.3 Å². The highest BCUT2D eigenvalue weighted by molar-refractivity contribution is 7.14. The molecule has 1 rings (SSSR count). The number of hydrogen-bond donors (Lipinski definition) is 1. The van der Waals surface area contributed by atoms with Crippen molar-refractivity contribution in [2.24, 2.45) is 0 Å². The Morgan fingerprint density at radius 1 is 1.64 bits per heavy atom. The van der Waals surface area contributed by atoms with E-state index in [0.29, 0.717) is 4.34 Å². The first-order chi connectivity index (χ1) is 5.06. The summed E-state index contributed by atoms with van der Waals surface area (Å²) in [5, 5.41) is 9.50. The third-order valence-corrected chi connectivity index (χ3v) is 2.28. The summed E-state index contributed by atoms with van der Waals surface area (Å²) >= 11 is 6.45. The number of aliphatic hydroxyl groups excluding tert-OH is 1. The van der Waals surface area contributed by atoms with Crippen molar-refractivity contribution in [1.82, 2.24) is 0 Å². The largest absolute Gasteiger partial charge is 0.390 e. The molecular formula is C6H5ClF2OS. The van der Waals surface area contributed by atoms with Gasteiger partial charge >= 0.3 is 0 Å². The Morgan fingerprint density at radius 2 is 2.27 bits per heavy atom. The molecule has 62 valence electrons. The Bertz CT molecular complexity index is 248. The predicted octanol–water partition coefficient (Wildman–Crippen LogP) is 2.49. The van der Waals surface area contributed by atoms with Gasteiger partial charge < -0.3 is 5.11 Å². The molecule has 1 aromatic rings. The van der Waals surface area contributed by atoms with Gasteiger partial charge in [0.2, 0.25) is 0 Å². The van der Waals surface area contributed by atoms with Crippen LogP contribution >= 0.6 is 22.9 Å². The second-order valence-electron chi connectivity index (χ2n) is 2.00. The molecule has 1 aromatic heterocycles. The van der Waals surface area contributed by atoms with Gasteiger partial charge in [-0.05, 0) is 6.07 Å². The molecule has 0 unspecified atom stereocenters. The molecule has 0 bridgehead atoms. The number of alkyl halides is 2. The Labute approximate surface area is 71.2 Å². The van der Waals surface area contributed by atoms with Gasteiger partial charge in [-0.3, -0.25) is 0 Å². The fourth-order valence-corrected chi connectivity index (χ4v) is 1.52. The maximum atomic E-state index is 12.6. The van der Waals surface area contributed by atoms with E-state index < -0.39 is 12.5 Å². The van der Waals surface area contributed by atoms with Crippen molar-refractivity contribution in [3.8, 4) is 0 Å². The average Bonchev–Trinajstić information content (AvgIpc) is 2.36. The molecule has 0 aliphatic heterocycles. The van der Waals surface area contributed by atoms with Crippen molar-refractivity contribution in [3.63, 3.8) is 0 Å². The van der Waals surface area contributed by atoms with Crippen molar-refractivity contribution in [2.45, 2.75) is 5.92 Å². The summed E-state index contributed by atoms with van der Waals surface area (Å²) in [6.45, 7) is -1.18. The number of aliphatic hydroxyl groups is 1. The van der Waals surface area contributed by atoms with Crippen LogP contribution in [0.15, 0.2) is 11.4 Å². The molecule has 0 spiro atoms. The quantitative estimate of drug-likeness (QED) is 0.774. The molecule has 0 fully saturated rings. The average molecular weight is 199 g/mol. The molecule has 0 amide bonds. The molecule has 11 heavy (non-hydrogen) atoms. The molecule has 0 atom stereocenters. The third kappa shape index (κ3) is 1.89. The Morgan fingerprint density at radius 3 is 2.64 bits per heavy atom. The summed E-state index contributed by atoms with van der Waals surface area (Å²) < 4.78 is 25.5. The molecule has 0 aliphatic rings. The van der Waals surface area contributed by atoms with Gasteiger partial charge in [0.15, 0.2) is 0 Å². The van der Waals surface area contributed by atoms with Gasteiger partial charge in [-0.1, -0.05) is 11.6 Å². The van der Waals surface area contributed by atoms with Crippen LogP contribution in [0.25, 0.3) is 0 Å². The summed E-state index contributed by atoms with van der Waals surface area (Å²) in [6.07, 6.45) is 0. The molecule has 1 nitrogen and oxygen atoms in total. The standard InChI is InChI=1S/C6H5ClF2OS/c7-5-1-4(2-11-5)6(8,9)3-10/h1-2,10H,3H2. The van der Waals surface area contributed by atoms with Crippen molar-refractivity contribution >= 4 is 22.9 Å². The van der Waals surface area contributed by atoms with Crippen LogP contribution in [-0.4, -0.2) is 11.7 Å². The van der Waals surface area contributed by atoms with Crippen LogP contribution < -0.4 is 0 Å². The zero-order chi connectivity index (χ0) is 8.48. The van der Waals surface area contributed by atoms with E-state index >= 15 is 0 Å². The Hall–Kier alpha value is -0.190. The van der Waals surface area contributed by atoms with Crippen molar-refractivity contribution in [1.29, 1.82) is 0 Å². The minimum atomic E-state index is -3.16. The van der Waals surface area contributed by atoms with Gasteiger partial charge in [-0.2, -0.15) is 8.78 Å². The smallest absolute Gasteiger partial charge is 0.296 e. The summed E-state index contributed by atoms with van der Waals surface area (Å²) in [5.41, 5.74) is -0.227. The number of thiophene rings is 1. The van der Waals surface area contributed by atoms with Gasteiger partial charge in [0.05, 0.1) is 4.34 Å². The number of halogens is 3. The fourth-order valence-electron chi connectivity index (χ4n) is 0.593. The molecule has 5 heteroatoms. The topological polar surface area (TPSA) is 20.2 Å². The van der Waals surface area contributed by atoms with Crippen molar-refractivity contribution < 1.29 is 13.9 Å². The van der Waals surface area contributed by atoms with Gasteiger partial charge in [-0.15, -0.1) is 11.3 Å². The van der Waals surface area contributed by atoms with Gasteiger partial charge in [-0.25, -0.2) is 0 Å². The molecule has 0 aliphatic carbocycles. The van der Waals surface area contributed by atoms with Crippen molar-refractivity contribution in [2.75, 3.05) is 6.61 Å². The number of rotatable bonds is 2. The molecule has 1 heterocycles. The highest BCUT2D eigenvalue weighted by atomic mass is 35.5. The number of hydrogen-bond acceptors (Lipinski definition) is 2. The second-order valence-corrected chi connectivity index (χ2v) is 3.54. The van der Waals surface area contributed by atoms with Crippen LogP contribution in [0, 0.1) is 0 Å². The summed E-state index contributed by atoms with van der Waals surface area (Å²) in [4.78, 5) is 0. The Balaban J connectivity index is 2.92. The summed E-state index contributed by atoms with van der Waals surface area (Å²) in [6, 6.07) is 1.16. The van der Waals surface area contributed by atoms with Crippen LogP contribution in [0.3, 0.4) is 0 Å². The highest BCUT2D eigenvalue weighted by Crippen LogP contribution is 2.32. The lowest BCUT2D eigenvalue weighted by atomic mass is 10.2. The zero-order valence-electron chi connectivity index (χ0n) is 5.35. The van der Waals surface area contributed by atoms with Crippen LogP contribution in [0.4, 0.5) is 8.78 Å². The van der Waals surface area contributed by atoms with E-state index in [1.807, 2.05) is 0 Å². The Kier molecular flexibility index (Phi) is 2.47. The van der Waals surface area contributed by atoms with E-state index in [0.717, 1.165) is 17.4 Å². The molecular weight excluding hydrogens is 194 g/mol. The van der Waals surface area contributed by atoms with Gasteiger partial charge in [0.25, 0.3) is 5.92 Å². The fraction of sp³-hybridized carbons (Fsp3) is 0.333. The van der Waals surface area contributed by atoms with Gasteiger partial charge in [0, 0.05) is 10.9 Å². The third-order valence-electron chi connectivity index (χ3n) is 1.19. The molecule has 0 radical (unpaired) electrons. The normalized spacial score (nSPS) is 12.0. The first-order valence-corrected chi connectivity index (χ1v) is 4.05. The minimum absolute atomic E-state index is 0.227. The van der Waals surface area contributed by atoms with Crippen LogP contribution in [0.5, 0.6) is 0 Å². The highest BCUT2D eigenvalue weighted by Gasteiger charge is 2.31. The molecule has 0 saturated heterocycles. The molecule has 1 N–H and O–H groups in total. The molecule has 0 aromatic carbocycles. The lowest BCUT2D eigenvalue weighted by molar-refractivity contribution is -0.0552. The van der Waals surface area contributed by atoms with E-state index in [1.165, 1.54) is 5.38 Å². The maximum Gasteiger partial charge on any atom is 0.296 e. The van der Waals surface area contributed by atoms with E-state index in [9.17, 15) is 8.78 Å². The first kappa shape index (κ1) is 8.90. The minimum Gasteiger partial charge on any atom is -0.390 e. The maximum absolute atomic E-state index is 12.6. The zero-order valence-corrected chi connectivity index (χ0v) is 6.92. The summed E-state index contributed by atoms with van der Waals surface area (Å²) in [5.74, 6) is -3.16. The van der Waals surface area contributed by atoms with Crippen LogP contribution in [0.2, 0.25) is 4.34 Å². The SMILES string of the molecule is OCC(F)(F)c1csc(Cl)c1. The summed E-state index contributed by atoms with van der Waals surface area (Å²) in [7, 11) is 0. The van der Waals surface area contributed by atoms with Gasteiger partial charge in [0.1, 0.15) is 6.61 Å². The lowest BCUT2D eigenvalue weighted by Gasteiger charge is -2.09. The monoisotopic (exact) mass is 198 g/mol. The van der Waals surface area contributed by atoms with Crippen LogP contribution in [0.1, 0.15) is 5.56 Å². The first-order valence-electron chi connectivity index (χ1n) is 2.79. The predicted molar refractivity (Wildman–Crippen MR) is 40.3 cm³/mol. The van der Waals surface area contributed by atoms with E-state index in [1.54, 1.807) is 0 Å². The second kappa shape index (κ2) is 3.05. The van der Waals surface area contributed by atoms with E-state index in [4.69, 9.17) is 16.7 Å².